The average molecular weight is 284 g/mol. The van der Waals surface area contributed by atoms with Crippen LogP contribution in [0.15, 0.2) is 46.7 Å². The molecule has 3 nitrogen and oxygen atoms in total. The van der Waals surface area contributed by atoms with E-state index in [0.29, 0.717) is 0 Å². The first-order valence-corrected chi connectivity index (χ1v) is 7.78. The Labute approximate surface area is 112 Å². The number of sulfone groups is 1. The third-order valence-electron chi connectivity index (χ3n) is 2.20. The van der Waals surface area contributed by atoms with E-state index in [9.17, 15) is 13.2 Å². The molecule has 0 spiro atoms. The van der Waals surface area contributed by atoms with Crippen molar-refractivity contribution in [3.63, 3.8) is 0 Å². The number of thioether (sulfide) groups is 1. The van der Waals surface area contributed by atoms with Gasteiger partial charge in [-0.1, -0.05) is 18.2 Å². The van der Waals surface area contributed by atoms with Gasteiger partial charge in [0.05, 0.1) is 4.75 Å². The van der Waals surface area contributed by atoms with Crippen molar-refractivity contribution in [2.75, 3.05) is 0 Å². The lowest BCUT2D eigenvalue weighted by molar-refractivity contribution is -0.107. The molecule has 0 fully saturated rings. The molecule has 0 amide bonds. The van der Waals surface area contributed by atoms with Crippen LogP contribution in [-0.4, -0.2) is 18.3 Å². The summed E-state index contributed by atoms with van der Waals surface area (Å²) in [6.45, 7) is 4.80. The fraction of sp³-hybridized carbons (Fsp3) is 0.308. The molecule has 0 saturated carbocycles. The van der Waals surface area contributed by atoms with E-state index >= 15 is 0 Å². The van der Waals surface area contributed by atoms with Crippen LogP contribution >= 0.6 is 11.8 Å². The maximum Gasteiger partial charge on any atom is 0.217 e. The monoisotopic (exact) mass is 284 g/mol. The Hall–Kier alpha value is -1.07. The van der Waals surface area contributed by atoms with Crippen LogP contribution in [0, 0.1) is 0 Å². The van der Waals surface area contributed by atoms with Crippen LogP contribution in [0.2, 0.25) is 0 Å². The maximum absolute atomic E-state index is 11.8. The Morgan fingerprint density at radius 1 is 1.17 bits per heavy atom. The number of rotatable bonds is 3. The predicted molar refractivity (Wildman–Crippen MR) is 75.1 cm³/mol. The molecule has 0 aliphatic carbocycles. The van der Waals surface area contributed by atoms with Gasteiger partial charge in [-0.15, -0.1) is 0 Å². The second kappa shape index (κ2) is 5.71. The van der Waals surface area contributed by atoms with Crippen molar-refractivity contribution < 1.29 is 13.2 Å². The zero-order valence-electron chi connectivity index (χ0n) is 10.6. The van der Waals surface area contributed by atoms with Gasteiger partial charge < -0.3 is 0 Å². The minimum Gasteiger partial charge on any atom is -0.282 e. The average Bonchev–Trinajstić information content (AvgIpc) is 2.26. The molecule has 0 bridgehead atoms. The van der Waals surface area contributed by atoms with Gasteiger partial charge in [-0.05, 0) is 44.7 Å². The van der Waals surface area contributed by atoms with E-state index < -0.39 is 14.6 Å². The van der Waals surface area contributed by atoms with Crippen LogP contribution in [0.5, 0.6) is 0 Å². The summed E-state index contributed by atoms with van der Waals surface area (Å²) in [6, 6.07) is 9.11. The molecule has 0 aliphatic rings. The van der Waals surface area contributed by atoms with Crippen molar-refractivity contribution in [1.29, 1.82) is 0 Å². The third kappa shape index (κ3) is 4.31. The second-order valence-electron chi connectivity index (χ2n) is 4.69. The molecule has 0 saturated heterocycles. The van der Waals surface area contributed by atoms with E-state index in [2.05, 4.69) is 0 Å². The first-order chi connectivity index (χ1) is 8.22. The van der Waals surface area contributed by atoms with Gasteiger partial charge in [0.25, 0.3) is 0 Å². The van der Waals surface area contributed by atoms with E-state index in [1.807, 2.05) is 18.2 Å². The normalized spacial score (nSPS) is 12.8. The van der Waals surface area contributed by atoms with Crippen molar-refractivity contribution in [1.82, 2.24) is 0 Å². The Balaban J connectivity index is 2.73. The van der Waals surface area contributed by atoms with Crippen molar-refractivity contribution in [2.24, 2.45) is 0 Å². The van der Waals surface area contributed by atoms with Crippen LogP contribution in [0.25, 0.3) is 0 Å². The van der Waals surface area contributed by atoms with E-state index in [4.69, 9.17) is 0 Å². The topological polar surface area (TPSA) is 51.2 Å². The van der Waals surface area contributed by atoms with E-state index in [1.165, 1.54) is 0 Å². The summed E-state index contributed by atoms with van der Waals surface area (Å²) in [7, 11) is -3.40. The molecule has 1 aromatic rings. The molecule has 0 N–H and O–H groups in total. The summed E-state index contributed by atoms with van der Waals surface area (Å²) in [5.74, 6) is 0. The highest BCUT2D eigenvalue weighted by atomic mass is 32.2. The number of hydrogen-bond donors (Lipinski definition) is 0. The molecular weight excluding hydrogens is 268 g/mol. The Morgan fingerprint density at radius 3 is 2.22 bits per heavy atom. The number of carbonyl (C=O) groups excluding carboxylic acids is 1. The zero-order chi connectivity index (χ0) is 13.8. The summed E-state index contributed by atoms with van der Waals surface area (Å²) < 4.78 is 22.6. The van der Waals surface area contributed by atoms with E-state index in [0.717, 1.165) is 28.1 Å². The van der Waals surface area contributed by atoms with Crippen molar-refractivity contribution in [2.45, 2.75) is 30.4 Å². The van der Waals surface area contributed by atoms with Crippen molar-refractivity contribution in [3.8, 4) is 0 Å². The quantitative estimate of drug-likeness (QED) is 0.632. The number of hydrogen-bond acceptors (Lipinski definition) is 4. The lowest BCUT2D eigenvalue weighted by atomic mass is 10.3. The van der Waals surface area contributed by atoms with E-state index in [1.54, 1.807) is 32.9 Å². The molecule has 0 aromatic heterocycles. The lowest BCUT2D eigenvalue weighted by Gasteiger charge is -2.15. The molecule has 0 heterocycles. The van der Waals surface area contributed by atoms with Gasteiger partial charge in [-0.2, -0.15) is 0 Å². The molecule has 5 heteroatoms. The van der Waals surface area contributed by atoms with Gasteiger partial charge in [-0.25, -0.2) is 8.42 Å². The number of carbonyl (C=O) groups is 1. The van der Waals surface area contributed by atoms with Gasteiger partial charge >= 0.3 is 0 Å². The largest absolute Gasteiger partial charge is 0.282 e. The molecule has 98 valence electrons. The van der Waals surface area contributed by atoms with Gasteiger partial charge in [0.1, 0.15) is 0 Å². The van der Waals surface area contributed by atoms with Crippen LogP contribution in [-0.2, 0) is 14.6 Å². The van der Waals surface area contributed by atoms with Crippen LogP contribution in [0.3, 0.4) is 0 Å². The zero-order valence-corrected chi connectivity index (χ0v) is 12.2. The van der Waals surface area contributed by atoms with Gasteiger partial charge in [0, 0.05) is 16.4 Å². The standard InChI is InChI=1S/C13H16O3S2/c1-13(2,3)18(15,16)10-9-12(14)17-11-7-5-4-6-8-11/h4-10H,1-3H3/b10-9+. The smallest absolute Gasteiger partial charge is 0.217 e. The molecule has 0 atom stereocenters. The van der Waals surface area contributed by atoms with Crippen LogP contribution < -0.4 is 0 Å². The minimum atomic E-state index is -3.40. The summed E-state index contributed by atoms with van der Waals surface area (Å²) in [4.78, 5) is 12.4. The fourth-order valence-corrected chi connectivity index (χ4v) is 2.45. The first kappa shape index (κ1) is 15.0. The fourth-order valence-electron chi connectivity index (χ4n) is 0.988. The summed E-state index contributed by atoms with van der Waals surface area (Å²) in [5.41, 5.74) is 0. The molecular formula is C13H16O3S2. The third-order valence-corrected chi connectivity index (χ3v) is 5.25. The predicted octanol–water partition coefficient (Wildman–Crippen LogP) is 3.03. The van der Waals surface area contributed by atoms with Gasteiger partial charge in [-0.3, -0.25) is 4.79 Å². The van der Waals surface area contributed by atoms with Crippen molar-refractivity contribution in [3.05, 3.63) is 41.8 Å². The molecule has 1 aromatic carbocycles. The molecule has 18 heavy (non-hydrogen) atoms. The molecule has 1 rings (SSSR count). The summed E-state index contributed by atoms with van der Waals surface area (Å²) in [6.07, 6.45) is 1.11. The Bertz CT molecular complexity index is 537. The van der Waals surface area contributed by atoms with Crippen LogP contribution in [0.1, 0.15) is 20.8 Å². The van der Waals surface area contributed by atoms with Gasteiger partial charge in [0.2, 0.25) is 5.12 Å². The van der Waals surface area contributed by atoms with Crippen LogP contribution in [0.4, 0.5) is 0 Å². The first-order valence-electron chi connectivity index (χ1n) is 5.42. The molecule has 0 unspecified atom stereocenters. The van der Waals surface area contributed by atoms with E-state index in [-0.39, 0.29) is 5.12 Å². The minimum absolute atomic E-state index is 0.297. The highest BCUT2D eigenvalue weighted by Gasteiger charge is 2.26. The summed E-state index contributed by atoms with van der Waals surface area (Å²) in [5, 5.41) is 0.694. The number of benzene rings is 1. The molecule has 0 radical (unpaired) electrons. The highest BCUT2D eigenvalue weighted by Crippen LogP contribution is 2.20. The molecule has 0 aliphatic heterocycles. The lowest BCUT2D eigenvalue weighted by Crippen LogP contribution is -2.25. The Kier molecular flexibility index (Phi) is 4.76. The highest BCUT2D eigenvalue weighted by molar-refractivity contribution is 8.14. The maximum atomic E-state index is 11.8. The Morgan fingerprint density at radius 2 is 1.72 bits per heavy atom. The van der Waals surface area contributed by atoms with Gasteiger partial charge in [0.15, 0.2) is 9.84 Å². The SMILES string of the molecule is CC(C)(C)S(=O)(=O)/C=C/C(=O)Sc1ccccc1. The van der Waals surface area contributed by atoms with Crippen molar-refractivity contribution >= 4 is 26.7 Å². The second-order valence-corrected chi connectivity index (χ2v) is 8.36. The summed E-state index contributed by atoms with van der Waals surface area (Å²) >= 11 is 1.00.